The summed E-state index contributed by atoms with van der Waals surface area (Å²) in [5, 5.41) is 3.35. The molecule has 0 amide bonds. The summed E-state index contributed by atoms with van der Waals surface area (Å²) < 4.78 is 20.5. The molecule has 0 spiro atoms. The van der Waals surface area contributed by atoms with Gasteiger partial charge in [0.25, 0.3) is 0 Å². The average molecular weight is 371 g/mol. The van der Waals surface area contributed by atoms with Gasteiger partial charge in [0.2, 0.25) is 0 Å². The highest BCUT2D eigenvalue weighted by Gasteiger charge is 2.25. The van der Waals surface area contributed by atoms with E-state index in [2.05, 4.69) is 27.3 Å². The molecule has 1 heterocycles. The first-order chi connectivity index (χ1) is 10.1. The van der Waals surface area contributed by atoms with Crippen LogP contribution in [0, 0.1) is 5.82 Å². The predicted molar refractivity (Wildman–Crippen MR) is 85.7 cm³/mol. The molecule has 3 rings (SSSR count). The lowest BCUT2D eigenvalue weighted by atomic mass is 9.96. The number of rotatable bonds is 3. The number of halogens is 3. The van der Waals surface area contributed by atoms with Gasteiger partial charge in [-0.05, 0) is 36.4 Å². The molecular formula is C16H14BrClFNO. The summed E-state index contributed by atoms with van der Waals surface area (Å²) in [6, 6.07) is 8.69. The van der Waals surface area contributed by atoms with Gasteiger partial charge in [0, 0.05) is 16.5 Å². The van der Waals surface area contributed by atoms with Crippen molar-refractivity contribution in [3.63, 3.8) is 0 Å². The normalized spacial score (nSPS) is 14.7. The van der Waals surface area contributed by atoms with Crippen LogP contribution in [0.4, 0.5) is 4.39 Å². The van der Waals surface area contributed by atoms with Crippen molar-refractivity contribution in [1.29, 1.82) is 0 Å². The Hall–Kier alpha value is -1.10. The summed E-state index contributed by atoms with van der Waals surface area (Å²) in [6.45, 7) is 0.673. The molecule has 0 bridgehead atoms. The van der Waals surface area contributed by atoms with E-state index >= 15 is 0 Å². The van der Waals surface area contributed by atoms with Gasteiger partial charge < -0.3 is 10.1 Å². The van der Waals surface area contributed by atoms with Crippen molar-refractivity contribution in [2.45, 2.75) is 12.5 Å². The van der Waals surface area contributed by atoms with Crippen molar-refractivity contribution in [1.82, 2.24) is 5.32 Å². The van der Waals surface area contributed by atoms with E-state index in [1.807, 2.05) is 19.2 Å². The van der Waals surface area contributed by atoms with Gasteiger partial charge in [0.15, 0.2) is 0 Å². The second-order valence-electron chi connectivity index (χ2n) is 4.95. The zero-order valence-electron chi connectivity index (χ0n) is 11.4. The molecule has 1 aliphatic rings. The summed E-state index contributed by atoms with van der Waals surface area (Å²) in [5.74, 6) is 0.458. The fraction of sp³-hybridized carbons (Fsp3) is 0.250. The zero-order valence-corrected chi connectivity index (χ0v) is 13.8. The highest BCUT2D eigenvalue weighted by Crippen LogP contribution is 2.40. The van der Waals surface area contributed by atoms with Crippen LogP contribution in [0.15, 0.2) is 34.8 Å². The van der Waals surface area contributed by atoms with Crippen LogP contribution in [0.1, 0.15) is 22.7 Å². The summed E-state index contributed by atoms with van der Waals surface area (Å²) in [4.78, 5) is 0. The minimum Gasteiger partial charge on any atom is -0.493 e. The maximum absolute atomic E-state index is 13.7. The lowest BCUT2D eigenvalue weighted by Crippen LogP contribution is -2.19. The standard InChI is InChI=1S/C16H14BrClFNO/c1-20-15(11-3-2-4-13(19)14(11)18)12-8-10(17)7-9-5-6-21-16(9)12/h2-4,7-8,15,20H,5-6H2,1H3. The molecule has 1 aliphatic heterocycles. The van der Waals surface area contributed by atoms with Crippen molar-refractivity contribution in [2.75, 3.05) is 13.7 Å². The highest BCUT2D eigenvalue weighted by atomic mass is 79.9. The van der Waals surface area contributed by atoms with E-state index in [1.165, 1.54) is 6.07 Å². The molecule has 0 aromatic heterocycles. The van der Waals surface area contributed by atoms with Crippen LogP contribution in [-0.2, 0) is 6.42 Å². The van der Waals surface area contributed by atoms with Gasteiger partial charge in [-0.2, -0.15) is 0 Å². The molecular weight excluding hydrogens is 357 g/mol. The van der Waals surface area contributed by atoms with E-state index in [0.29, 0.717) is 12.2 Å². The predicted octanol–water partition coefficient (Wildman–Crippen LogP) is 4.49. The summed E-state index contributed by atoms with van der Waals surface area (Å²) in [6.07, 6.45) is 0.884. The summed E-state index contributed by atoms with van der Waals surface area (Å²) >= 11 is 9.67. The second-order valence-corrected chi connectivity index (χ2v) is 6.24. The number of nitrogens with one attached hydrogen (secondary N) is 1. The molecule has 0 saturated heterocycles. The zero-order chi connectivity index (χ0) is 15.0. The molecule has 2 aromatic carbocycles. The van der Waals surface area contributed by atoms with Gasteiger partial charge in [0.05, 0.1) is 17.7 Å². The largest absolute Gasteiger partial charge is 0.493 e. The minimum atomic E-state index is -0.415. The van der Waals surface area contributed by atoms with Crippen molar-refractivity contribution in [3.05, 3.63) is 62.3 Å². The molecule has 110 valence electrons. The van der Waals surface area contributed by atoms with E-state index in [9.17, 15) is 4.39 Å². The third-order valence-corrected chi connectivity index (χ3v) is 4.53. The van der Waals surface area contributed by atoms with Gasteiger partial charge in [-0.15, -0.1) is 0 Å². The first kappa shape index (κ1) is 14.8. The smallest absolute Gasteiger partial charge is 0.142 e. The highest BCUT2D eigenvalue weighted by molar-refractivity contribution is 9.10. The third-order valence-electron chi connectivity index (χ3n) is 3.67. The maximum Gasteiger partial charge on any atom is 0.142 e. The first-order valence-electron chi connectivity index (χ1n) is 6.68. The monoisotopic (exact) mass is 369 g/mol. The second kappa shape index (κ2) is 5.95. The van der Waals surface area contributed by atoms with Gasteiger partial charge in [0.1, 0.15) is 11.6 Å². The van der Waals surface area contributed by atoms with Crippen molar-refractivity contribution in [2.24, 2.45) is 0 Å². The molecule has 0 fully saturated rings. The summed E-state index contributed by atoms with van der Waals surface area (Å²) in [7, 11) is 1.83. The van der Waals surface area contributed by atoms with Crippen LogP contribution in [-0.4, -0.2) is 13.7 Å². The van der Waals surface area contributed by atoms with E-state index in [1.54, 1.807) is 6.07 Å². The minimum absolute atomic E-state index is 0.142. The SMILES string of the molecule is CNC(c1cccc(F)c1Cl)c1cc(Br)cc2c1OCC2. The van der Waals surface area contributed by atoms with Crippen LogP contribution in [0.3, 0.4) is 0 Å². The van der Waals surface area contributed by atoms with Gasteiger partial charge in [-0.3, -0.25) is 0 Å². The van der Waals surface area contributed by atoms with Crippen molar-refractivity contribution in [3.8, 4) is 5.75 Å². The fourth-order valence-corrected chi connectivity index (χ4v) is 3.49. The molecule has 0 aliphatic carbocycles. The number of hydrogen-bond donors (Lipinski definition) is 1. The van der Waals surface area contributed by atoms with Gasteiger partial charge >= 0.3 is 0 Å². The Labute approximate surface area is 136 Å². The molecule has 0 saturated carbocycles. The van der Waals surface area contributed by atoms with E-state index in [-0.39, 0.29) is 11.1 Å². The lowest BCUT2D eigenvalue weighted by molar-refractivity contribution is 0.351. The molecule has 1 N–H and O–H groups in total. The Morgan fingerprint density at radius 2 is 2.14 bits per heavy atom. The molecule has 1 unspecified atom stereocenters. The van der Waals surface area contributed by atoms with Gasteiger partial charge in [-0.25, -0.2) is 4.39 Å². The number of ether oxygens (including phenoxy) is 1. The maximum atomic E-state index is 13.7. The Balaban J connectivity index is 2.15. The lowest BCUT2D eigenvalue weighted by Gasteiger charge is -2.21. The topological polar surface area (TPSA) is 21.3 Å². The van der Waals surface area contributed by atoms with Crippen LogP contribution in [0.25, 0.3) is 0 Å². The molecule has 21 heavy (non-hydrogen) atoms. The van der Waals surface area contributed by atoms with Crippen LogP contribution in [0.5, 0.6) is 5.75 Å². The van der Waals surface area contributed by atoms with Crippen LogP contribution in [0.2, 0.25) is 5.02 Å². The fourth-order valence-electron chi connectivity index (χ4n) is 2.73. The number of hydrogen-bond acceptors (Lipinski definition) is 2. The molecule has 1 atom stereocenters. The molecule has 5 heteroatoms. The van der Waals surface area contributed by atoms with Gasteiger partial charge in [-0.1, -0.05) is 39.7 Å². The Morgan fingerprint density at radius 3 is 2.90 bits per heavy atom. The van der Waals surface area contributed by atoms with E-state index in [0.717, 1.165) is 27.8 Å². The summed E-state index contributed by atoms with van der Waals surface area (Å²) in [5.41, 5.74) is 2.83. The van der Waals surface area contributed by atoms with Crippen LogP contribution < -0.4 is 10.1 Å². The first-order valence-corrected chi connectivity index (χ1v) is 7.85. The Kier molecular flexibility index (Phi) is 4.20. The number of fused-ring (bicyclic) bond motifs is 1. The Morgan fingerprint density at radius 1 is 1.33 bits per heavy atom. The number of benzene rings is 2. The quantitative estimate of drug-likeness (QED) is 0.860. The van der Waals surface area contributed by atoms with Crippen molar-refractivity contribution >= 4 is 27.5 Å². The molecule has 2 aromatic rings. The molecule has 2 nitrogen and oxygen atoms in total. The molecule has 0 radical (unpaired) electrons. The average Bonchev–Trinajstić information content (AvgIpc) is 2.92. The Bertz CT molecular complexity index is 692. The van der Waals surface area contributed by atoms with Crippen molar-refractivity contribution < 1.29 is 9.13 Å². The third kappa shape index (κ3) is 2.68. The van der Waals surface area contributed by atoms with E-state index < -0.39 is 5.82 Å². The van der Waals surface area contributed by atoms with E-state index in [4.69, 9.17) is 16.3 Å². The van der Waals surface area contributed by atoms with Crippen LogP contribution >= 0.6 is 27.5 Å².